The predicted octanol–water partition coefficient (Wildman–Crippen LogP) is 6.39. The van der Waals surface area contributed by atoms with E-state index in [-0.39, 0.29) is 11.4 Å². The van der Waals surface area contributed by atoms with E-state index in [1.54, 1.807) is 0 Å². The van der Waals surface area contributed by atoms with E-state index in [2.05, 4.69) is 6.92 Å². The Kier molecular flexibility index (Phi) is 16.5. The molecule has 0 aliphatic heterocycles. The summed E-state index contributed by atoms with van der Waals surface area (Å²) in [6.07, 6.45) is 20.0. The number of hydrogen-bond donors (Lipinski definition) is 1. The second-order valence-electron chi connectivity index (χ2n) is 8.15. The van der Waals surface area contributed by atoms with Gasteiger partial charge in [0.1, 0.15) is 6.61 Å². The molecule has 2 N–H and O–H groups in total. The lowest BCUT2D eigenvalue weighted by Crippen LogP contribution is -2.28. The molecule has 0 aliphatic carbocycles. The van der Waals surface area contributed by atoms with Crippen molar-refractivity contribution >= 4 is 5.97 Å². The number of hydrogen-bond acceptors (Lipinski definition) is 3. The van der Waals surface area contributed by atoms with Gasteiger partial charge in [0.25, 0.3) is 0 Å². The second kappa shape index (κ2) is 16.9. The van der Waals surface area contributed by atoms with Gasteiger partial charge in [0.05, 0.1) is 5.41 Å². The number of nitrogens with two attached hydrogens (primary N) is 1. The van der Waals surface area contributed by atoms with Crippen molar-refractivity contribution in [3.63, 3.8) is 0 Å². The van der Waals surface area contributed by atoms with Crippen molar-refractivity contribution in [1.29, 1.82) is 0 Å². The maximum atomic E-state index is 11.9. The number of rotatable bonds is 18. The van der Waals surface area contributed by atoms with Gasteiger partial charge in [-0.25, -0.2) is 0 Å². The molecule has 0 rings (SSSR count). The third-order valence-electron chi connectivity index (χ3n) is 5.06. The van der Waals surface area contributed by atoms with Gasteiger partial charge in [0, 0.05) is 6.54 Å². The molecule has 0 atom stereocenters. The van der Waals surface area contributed by atoms with Gasteiger partial charge in [-0.15, -0.1) is 0 Å². The van der Waals surface area contributed by atoms with E-state index in [1.165, 1.54) is 83.5 Å². The summed E-state index contributed by atoms with van der Waals surface area (Å²) in [6.45, 7) is 6.97. The zero-order chi connectivity index (χ0) is 18.8. The molecule has 150 valence electrons. The fourth-order valence-corrected chi connectivity index (χ4v) is 3.21. The lowest BCUT2D eigenvalue weighted by atomic mass is 9.87. The van der Waals surface area contributed by atoms with E-state index < -0.39 is 0 Å². The van der Waals surface area contributed by atoms with Crippen molar-refractivity contribution < 1.29 is 9.53 Å². The maximum absolute atomic E-state index is 11.9. The summed E-state index contributed by atoms with van der Waals surface area (Å²) in [5.41, 5.74) is 5.01. The molecule has 25 heavy (non-hydrogen) atoms. The van der Waals surface area contributed by atoms with Crippen LogP contribution in [0.4, 0.5) is 0 Å². The Bertz CT molecular complexity index is 302. The monoisotopic (exact) mass is 355 g/mol. The van der Waals surface area contributed by atoms with Crippen LogP contribution in [0.5, 0.6) is 0 Å². The van der Waals surface area contributed by atoms with Crippen LogP contribution in [0.3, 0.4) is 0 Å². The number of carbonyl (C=O) groups excluding carboxylic acids is 1. The van der Waals surface area contributed by atoms with Crippen LogP contribution in [0.2, 0.25) is 0 Å². The van der Waals surface area contributed by atoms with Gasteiger partial charge < -0.3 is 10.5 Å². The third kappa shape index (κ3) is 15.4. The minimum Gasteiger partial charge on any atom is -0.464 e. The normalized spacial score (nSPS) is 11.7. The summed E-state index contributed by atoms with van der Waals surface area (Å²) in [6, 6.07) is 0. The number of esters is 1. The quantitative estimate of drug-likeness (QED) is 0.229. The Hall–Kier alpha value is -0.570. The first-order valence-electron chi connectivity index (χ1n) is 10.9. The van der Waals surface area contributed by atoms with Crippen molar-refractivity contribution in [2.24, 2.45) is 11.1 Å². The first-order chi connectivity index (χ1) is 12.0. The lowest BCUT2D eigenvalue weighted by Gasteiger charge is -2.22. The number of carbonyl (C=O) groups is 1. The zero-order valence-corrected chi connectivity index (χ0v) is 17.4. The van der Waals surface area contributed by atoms with Crippen LogP contribution in [0.25, 0.3) is 0 Å². The highest BCUT2D eigenvalue weighted by Gasteiger charge is 2.28. The average molecular weight is 356 g/mol. The molecule has 3 nitrogen and oxygen atoms in total. The van der Waals surface area contributed by atoms with Crippen molar-refractivity contribution in [2.45, 2.75) is 117 Å². The van der Waals surface area contributed by atoms with Gasteiger partial charge in [-0.1, -0.05) is 96.8 Å². The fraction of sp³-hybridized carbons (Fsp3) is 0.955. The highest BCUT2D eigenvalue weighted by atomic mass is 16.5. The zero-order valence-electron chi connectivity index (χ0n) is 17.4. The molecular formula is C22H45NO2. The SMILES string of the molecule is CCCCCCCCCCCCCCCCC(C)(C)C(=O)OCCN. The summed E-state index contributed by atoms with van der Waals surface area (Å²) in [7, 11) is 0. The van der Waals surface area contributed by atoms with Gasteiger partial charge in [-0.3, -0.25) is 4.79 Å². The van der Waals surface area contributed by atoms with Gasteiger partial charge in [0.15, 0.2) is 0 Å². The third-order valence-corrected chi connectivity index (χ3v) is 5.06. The first kappa shape index (κ1) is 24.4. The molecule has 0 amide bonds. The summed E-state index contributed by atoms with van der Waals surface area (Å²) in [4.78, 5) is 11.9. The second-order valence-corrected chi connectivity index (χ2v) is 8.15. The minimum absolute atomic E-state index is 0.104. The van der Waals surface area contributed by atoms with Gasteiger partial charge in [0.2, 0.25) is 0 Å². The average Bonchev–Trinajstić information content (AvgIpc) is 2.59. The van der Waals surface area contributed by atoms with Crippen LogP contribution in [0.1, 0.15) is 117 Å². The molecule has 0 radical (unpaired) electrons. The minimum atomic E-state index is -0.369. The Labute approximate surface area is 157 Å². The molecule has 0 saturated heterocycles. The van der Waals surface area contributed by atoms with Gasteiger partial charge in [-0.2, -0.15) is 0 Å². The van der Waals surface area contributed by atoms with Crippen LogP contribution < -0.4 is 5.73 Å². The van der Waals surface area contributed by atoms with Crippen LogP contribution >= 0.6 is 0 Å². The lowest BCUT2D eigenvalue weighted by molar-refractivity contribution is -0.154. The highest BCUT2D eigenvalue weighted by molar-refractivity contribution is 5.75. The largest absolute Gasteiger partial charge is 0.464 e. The van der Waals surface area contributed by atoms with Gasteiger partial charge in [-0.05, 0) is 20.3 Å². The summed E-state index contributed by atoms with van der Waals surface area (Å²) >= 11 is 0. The first-order valence-corrected chi connectivity index (χ1v) is 10.9. The van der Waals surface area contributed by atoms with E-state index in [4.69, 9.17) is 10.5 Å². The molecule has 0 fully saturated rings. The van der Waals surface area contributed by atoms with E-state index in [9.17, 15) is 4.79 Å². The summed E-state index contributed by atoms with van der Waals surface area (Å²) in [5.74, 6) is -0.104. The number of unbranched alkanes of at least 4 members (excludes halogenated alkanes) is 13. The maximum Gasteiger partial charge on any atom is 0.311 e. The van der Waals surface area contributed by atoms with Crippen molar-refractivity contribution in [3.05, 3.63) is 0 Å². The molecule has 0 unspecified atom stereocenters. The van der Waals surface area contributed by atoms with Crippen molar-refractivity contribution in [2.75, 3.05) is 13.2 Å². The number of ether oxygens (including phenoxy) is 1. The highest BCUT2D eigenvalue weighted by Crippen LogP contribution is 2.25. The van der Waals surface area contributed by atoms with Crippen LogP contribution in [-0.2, 0) is 9.53 Å². The van der Waals surface area contributed by atoms with Gasteiger partial charge >= 0.3 is 5.97 Å². The fourth-order valence-electron chi connectivity index (χ4n) is 3.21. The predicted molar refractivity (Wildman–Crippen MR) is 109 cm³/mol. The van der Waals surface area contributed by atoms with Crippen LogP contribution in [-0.4, -0.2) is 19.1 Å². The molecule has 0 aromatic carbocycles. The molecular weight excluding hydrogens is 310 g/mol. The smallest absolute Gasteiger partial charge is 0.311 e. The Morgan fingerprint density at radius 2 is 1.16 bits per heavy atom. The van der Waals surface area contributed by atoms with E-state index in [0.717, 1.165) is 12.8 Å². The van der Waals surface area contributed by atoms with E-state index in [1.807, 2.05) is 13.8 Å². The van der Waals surface area contributed by atoms with Crippen molar-refractivity contribution in [1.82, 2.24) is 0 Å². The Balaban J connectivity index is 3.34. The summed E-state index contributed by atoms with van der Waals surface area (Å²) < 4.78 is 5.16. The van der Waals surface area contributed by atoms with E-state index >= 15 is 0 Å². The molecule has 0 aliphatic rings. The van der Waals surface area contributed by atoms with Crippen LogP contribution in [0, 0.1) is 5.41 Å². The van der Waals surface area contributed by atoms with E-state index in [0.29, 0.717) is 13.2 Å². The molecule has 0 heterocycles. The molecule has 0 saturated carbocycles. The topological polar surface area (TPSA) is 52.3 Å². The Morgan fingerprint density at radius 3 is 1.56 bits per heavy atom. The molecule has 0 aromatic heterocycles. The van der Waals surface area contributed by atoms with Crippen molar-refractivity contribution in [3.8, 4) is 0 Å². The molecule has 0 aromatic rings. The van der Waals surface area contributed by atoms with Crippen LogP contribution in [0.15, 0.2) is 0 Å². The standard InChI is InChI=1S/C22H45NO2/c1-4-5-6-7-8-9-10-11-12-13-14-15-16-17-18-22(2,3)21(24)25-20-19-23/h4-20,23H2,1-3H3. The Morgan fingerprint density at radius 1 is 0.760 bits per heavy atom. The molecule has 0 spiro atoms. The molecule has 3 heteroatoms. The summed E-state index contributed by atoms with van der Waals surface area (Å²) in [5, 5.41) is 0. The molecule has 0 bridgehead atoms.